The molecule has 0 saturated carbocycles. The van der Waals surface area contributed by atoms with Crippen LogP contribution in [-0.4, -0.2) is 0 Å². The smallest absolute Gasteiger partial charge is 0.0435 e. The van der Waals surface area contributed by atoms with Crippen molar-refractivity contribution >= 4 is 33.3 Å². The van der Waals surface area contributed by atoms with E-state index in [1.807, 2.05) is 11.8 Å². The lowest BCUT2D eigenvalue weighted by Crippen LogP contribution is -2.22. The summed E-state index contributed by atoms with van der Waals surface area (Å²) in [6, 6.07) is 52.0. The molecule has 41 heavy (non-hydrogen) atoms. The quantitative estimate of drug-likeness (QED) is 0.211. The Morgan fingerprint density at radius 3 is 2.17 bits per heavy atom. The Bertz CT molecular complexity index is 2190. The molecule has 0 aromatic heterocycles. The van der Waals surface area contributed by atoms with Crippen LogP contribution in [0.3, 0.4) is 0 Å². The second-order valence-electron chi connectivity index (χ2n) is 11.4. The van der Waals surface area contributed by atoms with E-state index in [0.29, 0.717) is 0 Å². The van der Waals surface area contributed by atoms with Crippen molar-refractivity contribution in [3.05, 3.63) is 156 Å². The zero-order chi connectivity index (χ0) is 27.1. The molecule has 0 fully saturated rings. The minimum absolute atomic E-state index is 0.243. The molecule has 0 saturated heterocycles. The third-order valence-corrected chi connectivity index (χ3v) is 10.5. The van der Waals surface area contributed by atoms with E-state index >= 15 is 0 Å². The van der Waals surface area contributed by atoms with Crippen LogP contribution < -0.4 is 0 Å². The molecule has 1 atom stereocenters. The fourth-order valence-corrected chi connectivity index (χ4v) is 8.51. The fraction of sp³-hybridized carbons (Fsp3) is 0.0500. The Morgan fingerprint density at radius 1 is 0.488 bits per heavy atom. The minimum Gasteiger partial charge on any atom is -0.0888 e. The highest BCUT2D eigenvalue weighted by Gasteiger charge is 2.41. The molecule has 0 amide bonds. The molecular formula is C40H26S. The van der Waals surface area contributed by atoms with Crippen molar-refractivity contribution in [3.8, 4) is 33.4 Å². The molecule has 1 aliphatic heterocycles. The van der Waals surface area contributed by atoms with Gasteiger partial charge in [0.15, 0.2) is 0 Å². The standard InChI is InChI=1S/C40H26S/c1-40(27-11-3-2-4-12-27)34-22-19-25-10-5-6-13-29(25)38(34)33-20-18-26(24-35(33)40)28-21-23-37-39-31(28)15-9-16-32(39)30-14-7-8-17-36(30)41-37/h2-24H,1H3. The third kappa shape index (κ3) is 3.13. The number of fused-ring (bicyclic) bond motifs is 7. The van der Waals surface area contributed by atoms with Crippen molar-refractivity contribution in [3.63, 3.8) is 0 Å². The second kappa shape index (κ2) is 8.46. The van der Waals surface area contributed by atoms with Crippen molar-refractivity contribution in [2.45, 2.75) is 22.1 Å². The van der Waals surface area contributed by atoms with E-state index < -0.39 is 0 Å². The predicted octanol–water partition coefficient (Wildman–Crippen LogP) is 11.1. The number of benzene rings is 7. The molecule has 192 valence electrons. The summed E-state index contributed by atoms with van der Waals surface area (Å²) in [5.41, 5.74) is 11.8. The average molecular weight is 539 g/mol. The largest absolute Gasteiger partial charge is 0.0888 e. The Hall–Kier alpha value is -4.59. The normalized spacial score (nSPS) is 16.4. The summed E-state index contributed by atoms with van der Waals surface area (Å²) in [6.07, 6.45) is 0. The zero-order valence-corrected chi connectivity index (χ0v) is 23.5. The molecular weight excluding hydrogens is 513 g/mol. The maximum Gasteiger partial charge on any atom is 0.0435 e. The lowest BCUT2D eigenvalue weighted by Gasteiger charge is -2.29. The second-order valence-corrected chi connectivity index (χ2v) is 12.5. The van der Waals surface area contributed by atoms with Gasteiger partial charge in [-0.15, -0.1) is 0 Å². The van der Waals surface area contributed by atoms with Gasteiger partial charge in [-0.2, -0.15) is 0 Å². The molecule has 7 aromatic carbocycles. The first kappa shape index (κ1) is 23.1. The highest BCUT2D eigenvalue weighted by molar-refractivity contribution is 7.99. The highest BCUT2D eigenvalue weighted by atomic mass is 32.2. The monoisotopic (exact) mass is 538 g/mol. The molecule has 9 rings (SSSR count). The lowest BCUT2D eigenvalue weighted by atomic mass is 9.73. The molecule has 0 spiro atoms. The Balaban J connectivity index is 1.32. The maximum atomic E-state index is 2.48. The van der Waals surface area contributed by atoms with E-state index in [4.69, 9.17) is 0 Å². The maximum absolute atomic E-state index is 2.48. The molecule has 0 N–H and O–H groups in total. The first-order chi connectivity index (χ1) is 20.2. The summed E-state index contributed by atoms with van der Waals surface area (Å²) in [6.45, 7) is 2.41. The van der Waals surface area contributed by atoms with E-state index in [1.165, 1.54) is 81.4 Å². The van der Waals surface area contributed by atoms with Gasteiger partial charge in [0.25, 0.3) is 0 Å². The van der Waals surface area contributed by atoms with Gasteiger partial charge in [-0.1, -0.05) is 133 Å². The topological polar surface area (TPSA) is 0 Å². The summed E-state index contributed by atoms with van der Waals surface area (Å²) in [4.78, 5) is 2.67. The highest BCUT2D eigenvalue weighted by Crippen LogP contribution is 2.56. The van der Waals surface area contributed by atoms with E-state index in [1.54, 1.807) is 0 Å². The number of rotatable bonds is 2. The predicted molar refractivity (Wildman–Crippen MR) is 174 cm³/mol. The molecule has 2 aliphatic rings. The van der Waals surface area contributed by atoms with Crippen LogP contribution in [0, 0.1) is 0 Å². The number of hydrogen-bond acceptors (Lipinski definition) is 1. The first-order valence-electron chi connectivity index (χ1n) is 14.3. The summed E-state index contributed by atoms with van der Waals surface area (Å²) < 4.78 is 0. The van der Waals surface area contributed by atoms with Gasteiger partial charge >= 0.3 is 0 Å². The molecule has 0 radical (unpaired) electrons. The van der Waals surface area contributed by atoms with Crippen LogP contribution in [0.15, 0.2) is 149 Å². The van der Waals surface area contributed by atoms with Gasteiger partial charge in [0.1, 0.15) is 0 Å². The molecule has 1 unspecified atom stereocenters. The lowest BCUT2D eigenvalue weighted by molar-refractivity contribution is 0.714. The van der Waals surface area contributed by atoms with E-state index in [-0.39, 0.29) is 5.41 Å². The van der Waals surface area contributed by atoms with Crippen LogP contribution in [0.4, 0.5) is 0 Å². The number of hydrogen-bond donors (Lipinski definition) is 0. The van der Waals surface area contributed by atoms with Crippen molar-refractivity contribution in [2.75, 3.05) is 0 Å². The van der Waals surface area contributed by atoms with E-state index in [2.05, 4.69) is 146 Å². The van der Waals surface area contributed by atoms with Crippen LogP contribution in [0.5, 0.6) is 0 Å². The average Bonchev–Trinajstić information content (AvgIpc) is 3.30. The third-order valence-electron chi connectivity index (χ3n) is 9.36. The molecule has 1 heterocycles. The van der Waals surface area contributed by atoms with Crippen LogP contribution >= 0.6 is 11.8 Å². The summed E-state index contributed by atoms with van der Waals surface area (Å²) in [7, 11) is 0. The van der Waals surface area contributed by atoms with Gasteiger partial charge < -0.3 is 0 Å². The van der Waals surface area contributed by atoms with E-state index in [9.17, 15) is 0 Å². The summed E-state index contributed by atoms with van der Waals surface area (Å²) >= 11 is 1.89. The Morgan fingerprint density at radius 2 is 1.24 bits per heavy atom. The van der Waals surface area contributed by atoms with Crippen molar-refractivity contribution < 1.29 is 0 Å². The van der Waals surface area contributed by atoms with E-state index in [0.717, 1.165) is 0 Å². The summed E-state index contributed by atoms with van der Waals surface area (Å²) in [5, 5.41) is 5.31. The summed E-state index contributed by atoms with van der Waals surface area (Å²) in [5.74, 6) is 0. The molecule has 1 aliphatic carbocycles. The Kier molecular flexibility index (Phi) is 4.77. The fourth-order valence-electron chi connectivity index (χ4n) is 7.38. The van der Waals surface area contributed by atoms with Crippen LogP contribution in [0.1, 0.15) is 23.6 Å². The minimum atomic E-state index is -0.243. The SMILES string of the molecule is CC1(c2ccccc2)c2cc(-c3ccc4c5c(cccc35)-c3ccccc3S4)ccc2-c2c1ccc1ccccc21. The van der Waals surface area contributed by atoms with Gasteiger partial charge in [-0.05, 0) is 91.4 Å². The van der Waals surface area contributed by atoms with Crippen molar-refractivity contribution in [1.29, 1.82) is 0 Å². The molecule has 7 aromatic rings. The van der Waals surface area contributed by atoms with Gasteiger partial charge in [-0.3, -0.25) is 0 Å². The van der Waals surface area contributed by atoms with Crippen molar-refractivity contribution in [1.82, 2.24) is 0 Å². The van der Waals surface area contributed by atoms with Crippen molar-refractivity contribution in [2.24, 2.45) is 0 Å². The van der Waals surface area contributed by atoms with Crippen LogP contribution in [-0.2, 0) is 5.41 Å². The van der Waals surface area contributed by atoms with Gasteiger partial charge in [0.2, 0.25) is 0 Å². The van der Waals surface area contributed by atoms with Crippen LogP contribution in [0.25, 0.3) is 54.9 Å². The molecule has 0 nitrogen and oxygen atoms in total. The Labute approximate surface area is 244 Å². The van der Waals surface area contributed by atoms with Gasteiger partial charge in [-0.25, -0.2) is 0 Å². The zero-order valence-electron chi connectivity index (χ0n) is 22.7. The van der Waals surface area contributed by atoms with Crippen LogP contribution in [0.2, 0.25) is 0 Å². The first-order valence-corrected chi connectivity index (χ1v) is 15.1. The van der Waals surface area contributed by atoms with Gasteiger partial charge in [0.05, 0.1) is 0 Å². The molecule has 1 heteroatoms. The molecule has 0 bridgehead atoms. The van der Waals surface area contributed by atoms with Gasteiger partial charge in [0, 0.05) is 20.6 Å².